The molecule has 1 aliphatic heterocycles. The number of phenols is 1. The summed E-state index contributed by atoms with van der Waals surface area (Å²) >= 11 is 6.10. The van der Waals surface area contributed by atoms with Crippen LogP contribution in [-0.2, 0) is 11.0 Å². The van der Waals surface area contributed by atoms with E-state index in [0.29, 0.717) is 5.56 Å². The molecular weight excluding hydrogens is 387 g/mol. The molecule has 3 rings (SSSR count). The molecule has 26 heavy (non-hydrogen) atoms. The van der Waals surface area contributed by atoms with Crippen molar-refractivity contribution in [3.63, 3.8) is 0 Å². The van der Waals surface area contributed by atoms with Gasteiger partial charge >= 0.3 is 6.18 Å². The molecule has 1 fully saturated rings. The van der Waals surface area contributed by atoms with E-state index >= 15 is 0 Å². The molecule has 0 aromatic heterocycles. The van der Waals surface area contributed by atoms with Crippen molar-refractivity contribution >= 4 is 46.0 Å². The number of phenolic OH excluding ortho intramolecular Hbond substituents is 1. The lowest BCUT2D eigenvalue weighted by atomic mass is 10.1. The monoisotopic (exact) mass is 398 g/mol. The third-order valence-electron chi connectivity index (χ3n) is 3.54. The molecule has 1 heterocycles. The molecule has 9 heteroatoms. The number of halogens is 3. The van der Waals surface area contributed by atoms with E-state index in [1.165, 1.54) is 30.3 Å². The average molecular weight is 398 g/mol. The van der Waals surface area contributed by atoms with Gasteiger partial charge in [-0.05, 0) is 42.0 Å². The second-order valence-corrected chi connectivity index (χ2v) is 7.02. The van der Waals surface area contributed by atoms with Crippen molar-refractivity contribution in [2.75, 3.05) is 4.90 Å². The third-order valence-corrected chi connectivity index (χ3v) is 4.85. The quantitative estimate of drug-likeness (QED) is 0.467. The van der Waals surface area contributed by atoms with E-state index in [4.69, 9.17) is 17.3 Å². The first kappa shape index (κ1) is 18.3. The maximum atomic E-state index is 12.9. The zero-order chi connectivity index (χ0) is 19.1. The smallest absolute Gasteiger partial charge is 0.416 e. The summed E-state index contributed by atoms with van der Waals surface area (Å²) in [7, 11) is 0. The largest absolute Gasteiger partial charge is 0.591 e. The zero-order valence-electron chi connectivity index (χ0n) is 12.9. The van der Waals surface area contributed by atoms with Gasteiger partial charge in [-0.15, -0.1) is 0 Å². The van der Waals surface area contributed by atoms with Crippen LogP contribution in [0.25, 0.3) is 6.08 Å². The second-order valence-electron chi connectivity index (χ2n) is 5.34. The van der Waals surface area contributed by atoms with E-state index in [-0.39, 0.29) is 26.4 Å². The molecule has 0 radical (unpaired) electrons. The molecule has 1 saturated heterocycles. The predicted octanol–water partition coefficient (Wildman–Crippen LogP) is 4.25. The number of hydrogen-bond donors (Lipinski definition) is 1. The summed E-state index contributed by atoms with van der Waals surface area (Å²) < 4.78 is 38.8. The van der Waals surface area contributed by atoms with Crippen molar-refractivity contribution < 1.29 is 28.2 Å². The van der Waals surface area contributed by atoms with Crippen LogP contribution >= 0.6 is 24.0 Å². The lowest BCUT2D eigenvalue weighted by molar-refractivity contribution is -0.137. The lowest BCUT2D eigenvalue weighted by Crippen LogP contribution is -2.27. The van der Waals surface area contributed by atoms with Crippen molar-refractivity contribution in [1.82, 2.24) is 0 Å². The number of rotatable bonds is 2. The number of amides is 1. The van der Waals surface area contributed by atoms with E-state index < -0.39 is 17.6 Å². The second kappa shape index (κ2) is 6.65. The van der Waals surface area contributed by atoms with E-state index in [9.17, 15) is 23.1 Å². The lowest BCUT2D eigenvalue weighted by Gasteiger charge is -2.16. The molecule has 3 N–H and O–H groups in total. The van der Waals surface area contributed by atoms with Crippen molar-refractivity contribution in [3.8, 4) is 11.5 Å². The van der Waals surface area contributed by atoms with Gasteiger partial charge in [0.2, 0.25) is 5.75 Å². The van der Waals surface area contributed by atoms with Crippen LogP contribution in [0.5, 0.6) is 11.5 Å². The number of thioether (sulfide) groups is 1. The van der Waals surface area contributed by atoms with Gasteiger partial charge in [0.1, 0.15) is 0 Å². The molecule has 0 unspecified atom stereocenters. The van der Waals surface area contributed by atoms with Crippen LogP contribution in [-0.4, -0.2) is 20.4 Å². The fourth-order valence-corrected chi connectivity index (χ4v) is 3.60. The Morgan fingerprint density at radius 3 is 2.58 bits per heavy atom. The molecule has 0 saturated carbocycles. The van der Waals surface area contributed by atoms with Gasteiger partial charge in [0, 0.05) is 6.07 Å². The Hall–Kier alpha value is -2.52. The molecule has 1 aliphatic rings. The zero-order valence-corrected chi connectivity index (χ0v) is 14.5. The number of aromatic hydroxyl groups is 1. The first-order valence-corrected chi connectivity index (χ1v) is 8.39. The first-order valence-electron chi connectivity index (χ1n) is 7.16. The van der Waals surface area contributed by atoms with Crippen molar-refractivity contribution in [1.29, 1.82) is 0 Å². The van der Waals surface area contributed by atoms with Crippen LogP contribution in [0.1, 0.15) is 11.1 Å². The average Bonchev–Trinajstić information content (AvgIpc) is 2.84. The Labute approximate surface area is 155 Å². The highest BCUT2D eigenvalue weighted by Gasteiger charge is 2.36. The van der Waals surface area contributed by atoms with Gasteiger partial charge in [-0.3, -0.25) is 9.69 Å². The molecule has 1 amide bonds. The summed E-state index contributed by atoms with van der Waals surface area (Å²) in [6.07, 6.45) is -3.06. The van der Waals surface area contributed by atoms with Crippen molar-refractivity contribution in [2.24, 2.45) is 0 Å². The molecule has 0 atom stereocenters. The van der Waals surface area contributed by atoms with Crippen LogP contribution in [0.4, 0.5) is 18.9 Å². The molecular formula is C17H11F3NO3S2+. The van der Waals surface area contributed by atoms with E-state index in [1.807, 2.05) is 0 Å². The molecule has 0 aliphatic carbocycles. The van der Waals surface area contributed by atoms with Crippen LogP contribution in [0.3, 0.4) is 0 Å². The minimum absolute atomic E-state index is 0.0371. The van der Waals surface area contributed by atoms with Crippen molar-refractivity contribution in [3.05, 3.63) is 58.5 Å². The SMILES string of the molecule is O=C1/C(=C/c2ccc([OH2+])c(O)c2)SC(=S)N1c1cccc(C(F)(F)F)c1. The van der Waals surface area contributed by atoms with Gasteiger partial charge in [-0.25, -0.2) is 0 Å². The summed E-state index contributed by atoms with van der Waals surface area (Å²) in [5.41, 5.74) is -0.359. The number of hydrogen-bond acceptors (Lipinski definition) is 4. The van der Waals surface area contributed by atoms with Crippen LogP contribution < -0.4 is 4.90 Å². The van der Waals surface area contributed by atoms with Gasteiger partial charge < -0.3 is 10.2 Å². The highest BCUT2D eigenvalue weighted by atomic mass is 32.2. The van der Waals surface area contributed by atoms with E-state index in [1.54, 1.807) is 6.07 Å². The fraction of sp³-hybridized carbons (Fsp3) is 0.0588. The van der Waals surface area contributed by atoms with Gasteiger partial charge in [-0.1, -0.05) is 30.0 Å². The first-order chi connectivity index (χ1) is 12.2. The maximum Gasteiger partial charge on any atom is 0.416 e. The number of alkyl halides is 3. The summed E-state index contributed by atoms with van der Waals surface area (Å²) in [6, 6.07) is 8.61. The van der Waals surface area contributed by atoms with Gasteiger partial charge in [-0.2, -0.15) is 13.2 Å². The summed E-state index contributed by atoms with van der Waals surface area (Å²) in [4.78, 5) is 13.9. The van der Waals surface area contributed by atoms with Crippen molar-refractivity contribution in [2.45, 2.75) is 6.18 Å². The van der Waals surface area contributed by atoms with Crippen LogP contribution in [0.2, 0.25) is 0 Å². The van der Waals surface area contributed by atoms with Gasteiger partial charge in [0.15, 0.2) is 4.32 Å². The number of benzene rings is 2. The Bertz CT molecular complexity index is 941. The molecule has 134 valence electrons. The number of carbonyl (C=O) groups excluding carboxylic acids is 1. The topological polar surface area (TPSA) is 63.4 Å². The number of thiocarbonyl (C=S) groups is 1. The van der Waals surface area contributed by atoms with Crippen LogP contribution in [0.15, 0.2) is 47.4 Å². The molecule has 0 bridgehead atoms. The minimum Gasteiger partial charge on any atom is -0.591 e. The Morgan fingerprint density at radius 2 is 1.92 bits per heavy atom. The summed E-state index contributed by atoms with van der Waals surface area (Å²) in [5, 5.41) is 17.0. The Morgan fingerprint density at radius 1 is 1.19 bits per heavy atom. The molecule has 2 aromatic rings. The number of carbonyl (C=O) groups is 1. The molecule has 0 spiro atoms. The van der Waals surface area contributed by atoms with Gasteiger partial charge in [0.25, 0.3) is 11.7 Å². The normalized spacial score (nSPS) is 16.6. The third kappa shape index (κ3) is 3.54. The van der Waals surface area contributed by atoms with Crippen LogP contribution in [0, 0.1) is 0 Å². The molecule has 2 aromatic carbocycles. The summed E-state index contributed by atoms with van der Waals surface area (Å²) in [6.45, 7) is 0. The summed E-state index contributed by atoms with van der Waals surface area (Å²) in [5.74, 6) is -0.848. The fourth-order valence-electron chi connectivity index (χ4n) is 2.30. The number of nitrogens with zero attached hydrogens (tertiary/aromatic N) is 1. The number of anilines is 1. The van der Waals surface area contributed by atoms with Gasteiger partial charge in [0.05, 0.1) is 16.2 Å². The van der Waals surface area contributed by atoms with E-state index in [0.717, 1.165) is 28.8 Å². The Balaban J connectivity index is 1.94. The predicted molar refractivity (Wildman–Crippen MR) is 98.3 cm³/mol. The molecule has 4 nitrogen and oxygen atoms in total. The maximum absolute atomic E-state index is 12.9. The highest BCUT2D eigenvalue weighted by molar-refractivity contribution is 8.27. The minimum atomic E-state index is -4.53. The standard InChI is InChI=1S/C17H10F3NO3S2/c18-17(19,20)10-2-1-3-11(8-10)21-15(24)14(26-16(21)25)7-9-4-5-12(22)13(23)6-9/h1-8,22-23H/p+1/b14-7-. The van der Waals surface area contributed by atoms with E-state index in [2.05, 4.69) is 0 Å². The Kier molecular flexibility index (Phi) is 4.68. The highest BCUT2D eigenvalue weighted by Crippen LogP contribution is 2.39.